The molecule has 2 aliphatic heterocycles. The van der Waals surface area contributed by atoms with Crippen LogP contribution in [0, 0.1) is 0 Å². The van der Waals surface area contributed by atoms with Gasteiger partial charge in [-0.25, -0.2) is 0 Å². The van der Waals surface area contributed by atoms with Crippen molar-refractivity contribution in [2.45, 2.75) is 63.6 Å². The summed E-state index contributed by atoms with van der Waals surface area (Å²) >= 11 is 0. The highest BCUT2D eigenvalue weighted by Gasteiger charge is 2.55. The van der Waals surface area contributed by atoms with Crippen molar-refractivity contribution in [3.63, 3.8) is 0 Å². The molecule has 2 aromatic rings. The Kier molecular flexibility index (Phi) is 5.39. The van der Waals surface area contributed by atoms with Gasteiger partial charge >= 0.3 is 0 Å². The lowest BCUT2D eigenvalue weighted by molar-refractivity contribution is -0.136. The number of amides is 2. The van der Waals surface area contributed by atoms with Gasteiger partial charge in [-0.1, -0.05) is 43.2 Å². The number of hydrogen-bond acceptors (Lipinski definition) is 3. The van der Waals surface area contributed by atoms with E-state index in [2.05, 4.69) is 28.9 Å². The molecular formula is C24H29N3O2. The molecule has 4 rings (SSSR count). The molecule has 0 radical (unpaired) electrons. The fraction of sp³-hybridized carbons (Fsp3) is 0.458. The Bertz CT molecular complexity index is 870. The highest BCUT2D eigenvalue weighted by Crippen LogP contribution is 2.48. The van der Waals surface area contributed by atoms with Crippen LogP contribution in [-0.4, -0.2) is 44.7 Å². The number of carbonyl (C=O) groups excluding carboxylic acids is 2. The molecule has 2 fully saturated rings. The Morgan fingerprint density at radius 2 is 1.76 bits per heavy atom. The van der Waals surface area contributed by atoms with Crippen LogP contribution in [0.4, 0.5) is 0 Å². The largest absolute Gasteiger partial charge is 0.335 e. The molecular weight excluding hydrogens is 362 g/mol. The molecule has 2 amide bonds. The molecule has 2 saturated heterocycles. The summed E-state index contributed by atoms with van der Waals surface area (Å²) in [7, 11) is 0. The van der Waals surface area contributed by atoms with Crippen LogP contribution in [0.25, 0.3) is 0 Å². The van der Waals surface area contributed by atoms with Crippen molar-refractivity contribution in [3.8, 4) is 0 Å². The number of nitrogens with zero attached hydrogens (tertiary/aromatic N) is 3. The molecule has 0 saturated carbocycles. The zero-order valence-corrected chi connectivity index (χ0v) is 17.3. The molecule has 0 bridgehead atoms. The van der Waals surface area contributed by atoms with Crippen molar-refractivity contribution >= 4 is 11.8 Å². The Labute approximate surface area is 172 Å². The number of rotatable bonds is 2. The van der Waals surface area contributed by atoms with Gasteiger partial charge in [0.25, 0.3) is 5.91 Å². The molecule has 5 nitrogen and oxygen atoms in total. The van der Waals surface area contributed by atoms with Gasteiger partial charge in [0.05, 0.1) is 17.6 Å². The predicted molar refractivity (Wildman–Crippen MR) is 112 cm³/mol. The number of pyridine rings is 1. The first-order chi connectivity index (χ1) is 14.0. The van der Waals surface area contributed by atoms with Crippen LogP contribution in [-0.2, 0) is 4.79 Å². The van der Waals surface area contributed by atoms with Crippen LogP contribution in [0.2, 0.25) is 0 Å². The SMILES string of the molecule is CC(=O)N1CCCCC[C@@H]2N(C(=O)c3ccncc3)[C@H](c3ccccc3)C[C@@]21C. The molecule has 1 aromatic heterocycles. The third-order valence-electron chi connectivity index (χ3n) is 6.70. The highest BCUT2D eigenvalue weighted by atomic mass is 16.2. The van der Waals surface area contributed by atoms with Gasteiger partial charge in [-0.05, 0) is 43.9 Å². The summed E-state index contributed by atoms with van der Waals surface area (Å²) in [6, 6.07) is 13.8. The quantitative estimate of drug-likeness (QED) is 0.770. The van der Waals surface area contributed by atoms with Gasteiger partial charge in [-0.2, -0.15) is 0 Å². The zero-order valence-electron chi connectivity index (χ0n) is 17.3. The second-order valence-corrected chi connectivity index (χ2v) is 8.47. The first-order valence-electron chi connectivity index (χ1n) is 10.6. The Morgan fingerprint density at radius 1 is 1.03 bits per heavy atom. The summed E-state index contributed by atoms with van der Waals surface area (Å²) in [6.45, 7) is 4.61. The lowest BCUT2D eigenvalue weighted by Gasteiger charge is -2.45. The standard InChI is InChI=1S/C24H29N3O2/c1-18(28)26-16-8-4-7-11-22-24(26,2)17-21(19-9-5-3-6-10-19)27(22)23(29)20-12-14-25-15-13-20/h3,5-6,9-10,12-15,21-22H,4,7-8,11,16-17H2,1-2H3/t21-,22-,24-/m0/s1. The number of carbonyl (C=O) groups is 2. The second kappa shape index (κ2) is 7.97. The fourth-order valence-corrected chi connectivity index (χ4v) is 5.32. The smallest absolute Gasteiger partial charge is 0.254 e. The van der Waals surface area contributed by atoms with Crippen molar-refractivity contribution in [1.82, 2.24) is 14.8 Å². The average molecular weight is 392 g/mol. The van der Waals surface area contributed by atoms with Gasteiger partial charge in [0.1, 0.15) is 0 Å². The number of benzene rings is 1. The molecule has 0 N–H and O–H groups in total. The van der Waals surface area contributed by atoms with Crippen molar-refractivity contribution in [1.29, 1.82) is 0 Å². The van der Waals surface area contributed by atoms with Crippen molar-refractivity contribution in [3.05, 3.63) is 66.0 Å². The molecule has 1 aromatic carbocycles. The summed E-state index contributed by atoms with van der Waals surface area (Å²) in [5, 5.41) is 0. The number of fused-ring (bicyclic) bond motifs is 1. The summed E-state index contributed by atoms with van der Waals surface area (Å²) in [6.07, 6.45) is 8.20. The lowest BCUT2D eigenvalue weighted by atomic mass is 9.83. The van der Waals surface area contributed by atoms with E-state index in [0.29, 0.717) is 5.56 Å². The number of aromatic nitrogens is 1. The van der Waals surface area contributed by atoms with Crippen LogP contribution in [0.15, 0.2) is 54.9 Å². The van der Waals surface area contributed by atoms with Crippen LogP contribution in [0.1, 0.15) is 67.9 Å². The summed E-state index contributed by atoms with van der Waals surface area (Å²) in [5.74, 6) is 0.128. The minimum atomic E-state index is -0.366. The van der Waals surface area contributed by atoms with Crippen LogP contribution >= 0.6 is 0 Å². The molecule has 2 aliphatic rings. The topological polar surface area (TPSA) is 53.5 Å². The van der Waals surface area contributed by atoms with Gasteiger partial charge in [0.15, 0.2) is 0 Å². The van der Waals surface area contributed by atoms with E-state index in [1.165, 1.54) is 0 Å². The third kappa shape index (κ3) is 3.54. The van der Waals surface area contributed by atoms with E-state index in [1.54, 1.807) is 31.5 Å². The predicted octanol–water partition coefficient (Wildman–Crippen LogP) is 4.22. The monoisotopic (exact) mass is 391 g/mol. The maximum Gasteiger partial charge on any atom is 0.254 e. The highest BCUT2D eigenvalue weighted by molar-refractivity contribution is 5.95. The second-order valence-electron chi connectivity index (χ2n) is 8.47. The Balaban J connectivity index is 1.82. The molecule has 5 heteroatoms. The molecule has 152 valence electrons. The molecule has 3 atom stereocenters. The number of hydrogen-bond donors (Lipinski definition) is 0. The first-order valence-corrected chi connectivity index (χ1v) is 10.6. The molecule has 0 aliphatic carbocycles. The fourth-order valence-electron chi connectivity index (χ4n) is 5.32. The molecule has 3 heterocycles. The molecule has 0 spiro atoms. The van der Waals surface area contributed by atoms with E-state index in [1.807, 2.05) is 23.1 Å². The number of likely N-dealkylation sites (tertiary alicyclic amines) is 2. The van der Waals surface area contributed by atoms with E-state index in [4.69, 9.17) is 0 Å². The van der Waals surface area contributed by atoms with E-state index in [-0.39, 0.29) is 29.4 Å². The van der Waals surface area contributed by atoms with Gasteiger partial charge in [-0.15, -0.1) is 0 Å². The van der Waals surface area contributed by atoms with E-state index >= 15 is 0 Å². The first kappa shape index (κ1) is 19.6. The van der Waals surface area contributed by atoms with Crippen LogP contribution < -0.4 is 0 Å². The van der Waals surface area contributed by atoms with Crippen LogP contribution in [0.3, 0.4) is 0 Å². The van der Waals surface area contributed by atoms with Gasteiger partial charge in [-0.3, -0.25) is 14.6 Å². The summed E-state index contributed by atoms with van der Waals surface area (Å²) < 4.78 is 0. The van der Waals surface area contributed by atoms with Gasteiger partial charge < -0.3 is 9.80 Å². The average Bonchev–Trinajstić information content (AvgIpc) is 3.01. The third-order valence-corrected chi connectivity index (χ3v) is 6.70. The van der Waals surface area contributed by atoms with Crippen molar-refractivity contribution in [2.24, 2.45) is 0 Å². The molecule has 0 unspecified atom stereocenters. The van der Waals surface area contributed by atoms with Gasteiger partial charge in [0, 0.05) is 31.4 Å². The summed E-state index contributed by atoms with van der Waals surface area (Å²) in [5.41, 5.74) is 1.42. The summed E-state index contributed by atoms with van der Waals surface area (Å²) in [4.78, 5) is 34.5. The maximum absolute atomic E-state index is 13.7. The Hall–Kier alpha value is -2.69. The zero-order chi connectivity index (χ0) is 20.4. The molecule has 29 heavy (non-hydrogen) atoms. The normalized spacial score (nSPS) is 27.1. The lowest BCUT2D eigenvalue weighted by Crippen LogP contribution is -2.58. The minimum Gasteiger partial charge on any atom is -0.335 e. The van der Waals surface area contributed by atoms with Gasteiger partial charge in [0.2, 0.25) is 5.91 Å². The van der Waals surface area contributed by atoms with Crippen molar-refractivity contribution < 1.29 is 9.59 Å². The van der Waals surface area contributed by atoms with Crippen molar-refractivity contribution in [2.75, 3.05) is 6.54 Å². The Morgan fingerprint density at radius 3 is 2.45 bits per heavy atom. The van der Waals surface area contributed by atoms with E-state index in [0.717, 1.165) is 44.2 Å². The maximum atomic E-state index is 13.7. The van der Waals surface area contributed by atoms with E-state index in [9.17, 15) is 9.59 Å². The minimum absolute atomic E-state index is 0.00225. The van der Waals surface area contributed by atoms with Crippen LogP contribution in [0.5, 0.6) is 0 Å². The van der Waals surface area contributed by atoms with E-state index < -0.39 is 0 Å².